The molecule has 14 heteroatoms. The fourth-order valence-corrected chi connectivity index (χ4v) is 7.03. The third-order valence-corrected chi connectivity index (χ3v) is 11.3. The maximum Gasteiger partial charge on any atom is 0.472 e. The summed E-state index contributed by atoms with van der Waals surface area (Å²) in [6.07, 6.45) is 31.5. The van der Waals surface area contributed by atoms with Crippen LogP contribution in [0.5, 0.6) is 0 Å². The minimum atomic E-state index is -4.72. The van der Waals surface area contributed by atoms with Crippen molar-refractivity contribution in [1.82, 2.24) is 0 Å². The summed E-state index contributed by atoms with van der Waals surface area (Å²) in [5.41, 5.74) is 0. The second kappa shape index (κ2) is 40.6. The van der Waals surface area contributed by atoms with E-state index < -0.39 is 76.7 Å². The number of phosphoric ester groups is 1. The Morgan fingerprint density at radius 3 is 1.67 bits per heavy atom. The number of allylic oxidation sites excluding steroid dienone is 6. The molecule has 0 amide bonds. The number of hydrogen-bond donors (Lipinski definition) is 6. The summed E-state index contributed by atoms with van der Waals surface area (Å²) in [4.78, 5) is 35.1. The summed E-state index contributed by atoms with van der Waals surface area (Å²) < 4.78 is 32.5. The molecule has 0 aliphatic carbocycles. The monoisotopic (exact) mass is 889 g/mol. The van der Waals surface area contributed by atoms with Gasteiger partial charge in [0.25, 0.3) is 0 Å². The van der Waals surface area contributed by atoms with E-state index in [4.69, 9.17) is 19.1 Å². The van der Waals surface area contributed by atoms with Gasteiger partial charge in [-0.3, -0.25) is 18.6 Å². The molecule has 13 nitrogen and oxygen atoms in total. The average molecular weight is 889 g/mol. The van der Waals surface area contributed by atoms with Gasteiger partial charge >= 0.3 is 19.8 Å². The van der Waals surface area contributed by atoms with Gasteiger partial charge in [0.2, 0.25) is 0 Å². The number of esters is 2. The summed E-state index contributed by atoms with van der Waals surface area (Å²) in [5, 5.41) is 48.9. The first-order valence-corrected chi connectivity index (χ1v) is 24.8. The Kier molecular flexibility index (Phi) is 39.1. The summed E-state index contributed by atoms with van der Waals surface area (Å²) >= 11 is 0. The van der Waals surface area contributed by atoms with Gasteiger partial charge in [-0.2, -0.15) is 0 Å². The van der Waals surface area contributed by atoms with Crippen molar-refractivity contribution in [2.24, 2.45) is 5.92 Å². The van der Waals surface area contributed by atoms with Gasteiger partial charge in [-0.1, -0.05) is 185 Å². The van der Waals surface area contributed by atoms with Gasteiger partial charge in [0.05, 0.1) is 38.1 Å². The summed E-state index contributed by atoms with van der Waals surface area (Å²) in [6.45, 7) is 4.25. The van der Waals surface area contributed by atoms with Gasteiger partial charge in [-0.05, 0) is 31.6 Å². The van der Waals surface area contributed by atoms with E-state index in [1.54, 1.807) is 42.5 Å². The average Bonchev–Trinajstić information content (AvgIpc) is 3.24. The number of rotatable bonds is 42. The zero-order chi connectivity index (χ0) is 45.4. The molecular formula is C47H85O13P. The summed E-state index contributed by atoms with van der Waals surface area (Å²) in [6, 6.07) is 0. The van der Waals surface area contributed by atoms with Gasteiger partial charge in [0.15, 0.2) is 6.10 Å². The maximum absolute atomic E-state index is 12.7. The molecule has 2 unspecified atom stereocenters. The van der Waals surface area contributed by atoms with Crippen molar-refractivity contribution in [3.63, 3.8) is 0 Å². The van der Waals surface area contributed by atoms with Crippen LogP contribution in [0.25, 0.3) is 0 Å². The molecule has 0 aliphatic rings. The van der Waals surface area contributed by atoms with Crippen LogP contribution in [0.4, 0.5) is 0 Å². The van der Waals surface area contributed by atoms with Gasteiger partial charge in [0.1, 0.15) is 12.7 Å². The van der Waals surface area contributed by atoms with Crippen LogP contribution < -0.4 is 0 Å². The van der Waals surface area contributed by atoms with Crippen LogP contribution in [0.3, 0.4) is 0 Å². The molecule has 0 radical (unpaired) electrons. The van der Waals surface area contributed by atoms with Gasteiger partial charge in [-0.15, -0.1) is 0 Å². The highest BCUT2D eigenvalue weighted by Crippen LogP contribution is 2.43. The SMILES string of the molecule is CCCCC[C@H](O)/C=C/C=C\C=C\C=C\[C@H](O)[C@@H](O)CCCC(=O)O[C@H](COC(=O)CCCCCCCCCCCCCCCCC(C)CC)COP(=O)(O)OC[C@@H](O)CO. The van der Waals surface area contributed by atoms with Crippen LogP contribution in [-0.2, 0) is 32.7 Å². The van der Waals surface area contributed by atoms with Crippen molar-refractivity contribution < 1.29 is 63.1 Å². The topological polar surface area (TPSA) is 210 Å². The predicted octanol–water partition coefficient (Wildman–Crippen LogP) is 9.27. The lowest BCUT2D eigenvalue weighted by Crippen LogP contribution is -2.30. The Morgan fingerprint density at radius 1 is 0.590 bits per heavy atom. The first-order chi connectivity index (χ1) is 29.3. The first kappa shape index (κ1) is 58.8. The van der Waals surface area contributed by atoms with E-state index in [2.05, 4.69) is 25.3 Å². The highest BCUT2D eigenvalue weighted by atomic mass is 31.2. The highest BCUT2D eigenvalue weighted by Gasteiger charge is 2.27. The van der Waals surface area contributed by atoms with E-state index in [0.29, 0.717) is 6.42 Å². The van der Waals surface area contributed by atoms with Crippen LogP contribution in [0.1, 0.15) is 175 Å². The van der Waals surface area contributed by atoms with Crippen molar-refractivity contribution in [2.45, 2.75) is 205 Å². The smallest absolute Gasteiger partial charge is 0.462 e. The quantitative estimate of drug-likeness (QED) is 0.0146. The highest BCUT2D eigenvalue weighted by molar-refractivity contribution is 7.47. The lowest BCUT2D eigenvalue weighted by Gasteiger charge is -2.20. The minimum Gasteiger partial charge on any atom is -0.462 e. The second-order valence-corrected chi connectivity index (χ2v) is 17.7. The molecular weight excluding hydrogens is 803 g/mol. The Balaban J connectivity index is 4.56. The molecule has 0 aromatic carbocycles. The Labute approximate surface area is 368 Å². The standard InChI is InChI=1S/C47H85O13P/c1-4-6-23-30-41(49)31-25-20-17-18-21-26-32-44(51)45(52)33-28-35-47(54)60-43(39-59-61(55,56)58-37-42(50)36-48)38-57-46(53)34-27-22-16-14-12-10-8-7-9-11-13-15-19-24-29-40(3)5-2/h17-18,20-21,25-26,31-32,40-45,48-52H,4-16,19,22-24,27-30,33-39H2,1-3H3,(H,55,56)/b20-17-,21-18+,31-25+,32-26+/t40?,41-,42-,43+,44-,45-/m0/s1. The molecule has 0 aliphatic heterocycles. The first-order valence-electron chi connectivity index (χ1n) is 23.3. The fraction of sp³-hybridized carbons (Fsp3) is 0.787. The maximum atomic E-state index is 12.7. The number of carbonyl (C=O) groups is 2. The molecule has 0 aromatic heterocycles. The third-order valence-electron chi connectivity index (χ3n) is 10.4. The van der Waals surface area contributed by atoms with Crippen LogP contribution in [0, 0.1) is 5.92 Å². The Morgan fingerprint density at radius 2 is 1.10 bits per heavy atom. The Hall–Kier alpha value is -2.19. The zero-order valence-electron chi connectivity index (χ0n) is 37.9. The predicted molar refractivity (Wildman–Crippen MR) is 242 cm³/mol. The number of ether oxygens (including phenoxy) is 2. The van der Waals surface area contributed by atoms with Crippen molar-refractivity contribution in [3.05, 3.63) is 48.6 Å². The van der Waals surface area contributed by atoms with Crippen molar-refractivity contribution in [3.8, 4) is 0 Å². The van der Waals surface area contributed by atoms with E-state index in [-0.39, 0.29) is 25.7 Å². The molecule has 0 fully saturated rings. The lowest BCUT2D eigenvalue weighted by molar-refractivity contribution is -0.161. The molecule has 0 bridgehead atoms. The van der Waals surface area contributed by atoms with Crippen LogP contribution in [0.2, 0.25) is 0 Å². The molecule has 7 atom stereocenters. The molecule has 0 spiro atoms. The molecule has 0 rings (SSSR count). The van der Waals surface area contributed by atoms with E-state index >= 15 is 0 Å². The lowest BCUT2D eigenvalue weighted by atomic mass is 9.99. The van der Waals surface area contributed by atoms with E-state index in [0.717, 1.165) is 50.9 Å². The zero-order valence-corrected chi connectivity index (χ0v) is 38.8. The van der Waals surface area contributed by atoms with Crippen molar-refractivity contribution in [1.29, 1.82) is 0 Å². The normalized spacial score (nSPS) is 16.3. The molecule has 61 heavy (non-hydrogen) atoms. The fourth-order valence-electron chi connectivity index (χ4n) is 6.24. The van der Waals surface area contributed by atoms with E-state index in [1.165, 1.54) is 83.1 Å². The molecule has 0 saturated heterocycles. The third kappa shape index (κ3) is 39.2. The van der Waals surface area contributed by atoms with E-state index in [9.17, 15) is 39.5 Å². The largest absolute Gasteiger partial charge is 0.472 e. The van der Waals surface area contributed by atoms with Crippen LogP contribution >= 0.6 is 7.82 Å². The number of hydrogen-bond acceptors (Lipinski definition) is 12. The molecule has 6 N–H and O–H groups in total. The number of aliphatic hydroxyl groups excluding tert-OH is 5. The Bertz CT molecular complexity index is 1220. The second-order valence-electron chi connectivity index (χ2n) is 16.2. The summed E-state index contributed by atoms with van der Waals surface area (Å²) in [7, 11) is -4.72. The summed E-state index contributed by atoms with van der Waals surface area (Å²) in [5.74, 6) is -0.394. The van der Waals surface area contributed by atoms with Crippen LogP contribution in [0.15, 0.2) is 48.6 Å². The molecule has 356 valence electrons. The number of phosphoric acid groups is 1. The molecule has 0 aromatic rings. The number of carbonyl (C=O) groups excluding carboxylic acids is 2. The molecule has 0 heterocycles. The van der Waals surface area contributed by atoms with E-state index in [1.807, 2.05) is 0 Å². The van der Waals surface area contributed by atoms with Gasteiger partial charge < -0.3 is 39.9 Å². The van der Waals surface area contributed by atoms with Crippen LogP contribution in [-0.4, -0.2) is 99.3 Å². The molecule has 0 saturated carbocycles. The van der Waals surface area contributed by atoms with Crippen molar-refractivity contribution >= 4 is 19.8 Å². The number of unbranched alkanes of at least 4 members (excludes halogenated alkanes) is 15. The van der Waals surface area contributed by atoms with Gasteiger partial charge in [0, 0.05) is 12.8 Å². The van der Waals surface area contributed by atoms with Gasteiger partial charge in [-0.25, -0.2) is 4.57 Å². The number of aliphatic hydroxyl groups is 5. The minimum absolute atomic E-state index is 0.0670. The van der Waals surface area contributed by atoms with Crippen molar-refractivity contribution in [2.75, 3.05) is 26.4 Å².